The molecule has 9 heteroatoms. The summed E-state index contributed by atoms with van der Waals surface area (Å²) in [6.07, 6.45) is 0. The predicted molar refractivity (Wildman–Crippen MR) is 72.4 cm³/mol. The van der Waals surface area contributed by atoms with Crippen LogP contribution in [0.25, 0.3) is 0 Å². The van der Waals surface area contributed by atoms with Crippen LogP contribution in [0.5, 0.6) is 0 Å². The van der Waals surface area contributed by atoms with Gasteiger partial charge in [-0.1, -0.05) is 0 Å². The number of piperazine rings is 1. The standard InChI is InChI=1S/C11H21N3O5S/c1-4-13-10(15)9-7-12-5-6-14(9)20(17,18)8(2)11(16)19-3/h8-9,12H,4-7H2,1-3H3,(H,13,15). The average molecular weight is 307 g/mol. The first-order valence-electron chi connectivity index (χ1n) is 6.43. The Bertz CT molecular complexity index is 465. The van der Waals surface area contributed by atoms with Crippen molar-refractivity contribution in [1.82, 2.24) is 14.9 Å². The van der Waals surface area contributed by atoms with Crippen LogP contribution in [0, 0.1) is 0 Å². The van der Waals surface area contributed by atoms with Gasteiger partial charge in [-0.15, -0.1) is 0 Å². The Morgan fingerprint density at radius 1 is 1.50 bits per heavy atom. The van der Waals surface area contributed by atoms with Crippen LogP contribution in [0.1, 0.15) is 13.8 Å². The van der Waals surface area contributed by atoms with Crippen LogP contribution < -0.4 is 10.6 Å². The van der Waals surface area contributed by atoms with Gasteiger partial charge in [0.05, 0.1) is 7.11 Å². The highest BCUT2D eigenvalue weighted by Crippen LogP contribution is 2.16. The van der Waals surface area contributed by atoms with E-state index >= 15 is 0 Å². The largest absolute Gasteiger partial charge is 0.468 e. The number of methoxy groups -OCH3 is 1. The molecule has 1 aliphatic rings. The quantitative estimate of drug-likeness (QED) is 0.586. The highest BCUT2D eigenvalue weighted by molar-refractivity contribution is 7.90. The molecule has 0 aromatic carbocycles. The molecule has 1 rings (SSSR count). The van der Waals surface area contributed by atoms with Crippen molar-refractivity contribution in [3.8, 4) is 0 Å². The van der Waals surface area contributed by atoms with E-state index in [4.69, 9.17) is 0 Å². The minimum absolute atomic E-state index is 0.144. The first-order chi connectivity index (χ1) is 9.36. The molecule has 20 heavy (non-hydrogen) atoms. The maximum Gasteiger partial charge on any atom is 0.325 e. The van der Waals surface area contributed by atoms with Crippen molar-refractivity contribution < 1.29 is 22.7 Å². The Morgan fingerprint density at radius 3 is 2.70 bits per heavy atom. The molecule has 1 aliphatic heterocycles. The molecule has 0 aliphatic carbocycles. The van der Waals surface area contributed by atoms with Gasteiger partial charge in [0.25, 0.3) is 0 Å². The molecule has 0 aromatic rings. The fourth-order valence-corrected chi connectivity index (χ4v) is 3.61. The molecule has 2 unspecified atom stereocenters. The lowest BCUT2D eigenvalue weighted by atomic mass is 10.2. The molecule has 2 atom stereocenters. The van der Waals surface area contributed by atoms with Crippen molar-refractivity contribution in [2.75, 3.05) is 33.3 Å². The predicted octanol–water partition coefficient (Wildman–Crippen LogP) is -1.71. The van der Waals surface area contributed by atoms with Gasteiger partial charge in [-0.3, -0.25) is 9.59 Å². The number of nitrogens with zero attached hydrogens (tertiary/aromatic N) is 1. The maximum atomic E-state index is 12.4. The molecule has 8 nitrogen and oxygen atoms in total. The van der Waals surface area contributed by atoms with Crippen LogP contribution in [-0.4, -0.2) is 69.2 Å². The van der Waals surface area contributed by atoms with E-state index in [0.717, 1.165) is 11.4 Å². The second kappa shape index (κ2) is 7.00. The van der Waals surface area contributed by atoms with E-state index in [1.165, 1.54) is 6.92 Å². The Balaban J connectivity index is 3.00. The molecular formula is C11H21N3O5S. The normalized spacial score (nSPS) is 22.1. The monoisotopic (exact) mass is 307 g/mol. The number of nitrogens with one attached hydrogen (secondary N) is 2. The molecule has 1 fully saturated rings. The highest BCUT2D eigenvalue weighted by atomic mass is 32.2. The summed E-state index contributed by atoms with van der Waals surface area (Å²) >= 11 is 0. The second-order valence-corrected chi connectivity index (χ2v) is 6.64. The third-order valence-corrected chi connectivity index (χ3v) is 5.33. The molecule has 0 aromatic heterocycles. The van der Waals surface area contributed by atoms with Crippen molar-refractivity contribution >= 4 is 21.9 Å². The summed E-state index contributed by atoms with van der Waals surface area (Å²) < 4.78 is 30.4. The summed E-state index contributed by atoms with van der Waals surface area (Å²) in [7, 11) is -2.80. The van der Waals surface area contributed by atoms with Crippen molar-refractivity contribution in [3.05, 3.63) is 0 Å². The number of esters is 1. The molecule has 0 saturated carbocycles. The summed E-state index contributed by atoms with van der Waals surface area (Å²) in [4.78, 5) is 23.4. The number of likely N-dealkylation sites (N-methyl/N-ethyl adjacent to an activating group) is 1. The van der Waals surface area contributed by atoms with E-state index < -0.39 is 27.3 Å². The number of hydrogen-bond donors (Lipinski definition) is 2. The number of rotatable bonds is 5. The molecule has 2 N–H and O–H groups in total. The van der Waals surface area contributed by atoms with Gasteiger partial charge in [-0.2, -0.15) is 4.31 Å². The molecule has 1 amide bonds. The van der Waals surface area contributed by atoms with Crippen LogP contribution in [0.4, 0.5) is 0 Å². The third-order valence-electron chi connectivity index (χ3n) is 3.15. The maximum absolute atomic E-state index is 12.4. The SMILES string of the molecule is CCNC(=O)C1CNCCN1S(=O)(=O)C(C)C(=O)OC. The lowest BCUT2D eigenvalue weighted by Crippen LogP contribution is -2.61. The van der Waals surface area contributed by atoms with Crippen molar-refractivity contribution in [3.63, 3.8) is 0 Å². The fourth-order valence-electron chi connectivity index (χ4n) is 2.00. The van der Waals surface area contributed by atoms with Gasteiger partial charge in [0.15, 0.2) is 5.25 Å². The summed E-state index contributed by atoms with van der Waals surface area (Å²) in [5.74, 6) is -1.21. The highest BCUT2D eigenvalue weighted by Gasteiger charge is 2.42. The van der Waals surface area contributed by atoms with Gasteiger partial charge < -0.3 is 15.4 Å². The molecule has 0 bridgehead atoms. The lowest BCUT2D eigenvalue weighted by molar-refractivity contribution is -0.140. The molecule has 1 heterocycles. The van der Waals surface area contributed by atoms with Gasteiger partial charge in [-0.05, 0) is 13.8 Å². The second-order valence-electron chi connectivity index (χ2n) is 4.44. The Kier molecular flexibility index (Phi) is 5.90. The van der Waals surface area contributed by atoms with E-state index in [2.05, 4.69) is 15.4 Å². The van der Waals surface area contributed by atoms with E-state index in [0.29, 0.717) is 13.1 Å². The number of sulfonamides is 1. The zero-order valence-electron chi connectivity index (χ0n) is 11.9. The summed E-state index contributed by atoms with van der Waals surface area (Å²) in [5.41, 5.74) is 0. The minimum Gasteiger partial charge on any atom is -0.468 e. The van der Waals surface area contributed by atoms with E-state index in [1.54, 1.807) is 6.92 Å². The van der Waals surface area contributed by atoms with Crippen LogP contribution >= 0.6 is 0 Å². The summed E-state index contributed by atoms with van der Waals surface area (Å²) in [5, 5.41) is 4.24. The molecular weight excluding hydrogens is 286 g/mol. The van der Waals surface area contributed by atoms with Crippen LogP contribution in [0.15, 0.2) is 0 Å². The summed E-state index contributed by atoms with van der Waals surface area (Å²) in [6.45, 7) is 4.23. The van der Waals surface area contributed by atoms with Crippen molar-refractivity contribution in [2.45, 2.75) is 25.1 Å². The fraction of sp³-hybridized carbons (Fsp3) is 0.818. The number of hydrogen-bond acceptors (Lipinski definition) is 6. The van der Waals surface area contributed by atoms with Gasteiger partial charge in [0, 0.05) is 26.2 Å². The Hall–Kier alpha value is -1.19. The summed E-state index contributed by atoms with van der Waals surface area (Å²) in [6, 6.07) is -0.846. The zero-order chi connectivity index (χ0) is 15.3. The molecule has 0 radical (unpaired) electrons. The average Bonchev–Trinajstić information content (AvgIpc) is 2.45. The molecule has 1 saturated heterocycles. The van der Waals surface area contributed by atoms with E-state index in [1.807, 2.05) is 0 Å². The number of carbonyl (C=O) groups excluding carboxylic acids is 2. The van der Waals surface area contributed by atoms with Crippen LogP contribution in [-0.2, 0) is 24.3 Å². The molecule has 0 spiro atoms. The van der Waals surface area contributed by atoms with Gasteiger partial charge in [0.1, 0.15) is 6.04 Å². The topological polar surface area (TPSA) is 105 Å². The molecule has 116 valence electrons. The van der Waals surface area contributed by atoms with Crippen molar-refractivity contribution in [1.29, 1.82) is 0 Å². The van der Waals surface area contributed by atoms with Crippen LogP contribution in [0.3, 0.4) is 0 Å². The third kappa shape index (κ3) is 3.47. The van der Waals surface area contributed by atoms with Gasteiger partial charge in [0.2, 0.25) is 15.9 Å². The first kappa shape index (κ1) is 16.9. The Morgan fingerprint density at radius 2 is 2.15 bits per heavy atom. The first-order valence-corrected chi connectivity index (χ1v) is 7.93. The van der Waals surface area contributed by atoms with E-state index in [9.17, 15) is 18.0 Å². The lowest BCUT2D eigenvalue weighted by Gasteiger charge is -2.35. The van der Waals surface area contributed by atoms with Gasteiger partial charge >= 0.3 is 5.97 Å². The van der Waals surface area contributed by atoms with E-state index in [-0.39, 0.29) is 19.0 Å². The number of ether oxygens (including phenoxy) is 1. The Labute approximate surface area is 118 Å². The van der Waals surface area contributed by atoms with Crippen molar-refractivity contribution in [2.24, 2.45) is 0 Å². The van der Waals surface area contributed by atoms with Crippen LogP contribution in [0.2, 0.25) is 0 Å². The minimum atomic E-state index is -3.93. The number of carbonyl (C=O) groups is 2. The smallest absolute Gasteiger partial charge is 0.325 e. The number of amides is 1. The zero-order valence-corrected chi connectivity index (χ0v) is 12.7. The van der Waals surface area contributed by atoms with Gasteiger partial charge in [-0.25, -0.2) is 8.42 Å².